The molecule has 1 atom stereocenters. The average Bonchev–Trinajstić information content (AvgIpc) is 3.13. The van der Waals surface area contributed by atoms with Gasteiger partial charge in [0.1, 0.15) is 5.75 Å². The van der Waals surface area contributed by atoms with Crippen molar-refractivity contribution < 1.29 is 14.5 Å². The minimum atomic E-state index is -0.506. The lowest BCUT2D eigenvalue weighted by Gasteiger charge is -2.15. The summed E-state index contributed by atoms with van der Waals surface area (Å²) < 4.78 is 7.42. The van der Waals surface area contributed by atoms with E-state index in [0.29, 0.717) is 5.75 Å². The Labute approximate surface area is 191 Å². The molecular formula is C23H28N4O4S. The van der Waals surface area contributed by atoms with E-state index in [1.807, 2.05) is 24.3 Å². The molecule has 0 aliphatic rings. The second kappa shape index (κ2) is 11.0. The second-order valence-corrected chi connectivity index (χ2v) is 8.79. The van der Waals surface area contributed by atoms with Crippen LogP contribution in [-0.2, 0) is 11.3 Å². The molecule has 1 N–H and O–H groups in total. The molecule has 0 saturated carbocycles. The molecule has 8 nitrogen and oxygen atoms in total. The van der Waals surface area contributed by atoms with Gasteiger partial charge in [-0.05, 0) is 31.5 Å². The van der Waals surface area contributed by atoms with Crippen LogP contribution in [0, 0.1) is 10.1 Å². The van der Waals surface area contributed by atoms with Gasteiger partial charge in [-0.25, -0.2) is 4.98 Å². The van der Waals surface area contributed by atoms with Crippen molar-refractivity contribution in [2.24, 2.45) is 0 Å². The topological polar surface area (TPSA) is 99.3 Å². The Morgan fingerprint density at radius 3 is 2.75 bits per heavy atom. The van der Waals surface area contributed by atoms with Crippen molar-refractivity contribution in [3.8, 4) is 5.75 Å². The summed E-state index contributed by atoms with van der Waals surface area (Å²) >= 11 is 1.38. The van der Waals surface area contributed by atoms with Crippen molar-refractivity contribution >= 4 is 40.1 Å². The highest BCUT2D eigenvalue weighted by molar-refractivity contribution is 8.00. The smallest absolute Gasteiger partial charge is 0.271 e. The lowest BCUT2D eigenvalue weighted by atomic mass is 10.2. The molecule has 1 heterocycles. The molecule has 2 aromatic carbocycles. The summed E-state index contributed by atoms with van der Waals surface area (Å²) in [5, 5.41) is 14.2. The first-order chi connectivity index (χ1) is 15.4. The second-order valence-electron chi connectivity index (χ2n) is 7.49. The third-order valence-corrected chi connectivity index (χ3v) is 6.25. The number of methoxy groups -OCH3 is 1. The van der Waals surface area contributed by atoms with E-state index in [0.717, 1.165) is 35.6 Å². The van der Waals surface area contributed by atoms with Gasteiger partial charge in [-0.15, -0.1) is 0 Å². The van der Waals surface area contributed by atoms with E-state index in [-0.39, 0.29) is 17.3 Å². The molecule has 3 rings (SSSR count). The van der Waals surface area contributed by atoms with Crippen LogP contribution in [0.3, 0.4) is 0 Å². The molecule has 0 radical (unpaired) electrons. The standard InChI is InChI=1S/C23H28N4O4S/c1-4-5-6-9-14-26-20-11-8-7-10-18(20)25-23(26)32-16(2)22(28)24-19-15-17(27(29)30)12-13-21(19)31-3/h7-8,10-13,15-16H,4-6,9,14H2,1-3H3,(H,24,28)/t16-/m1/s1. The number of para-hydroxylation sites is 2. The van der Waals surface area contributed by atoms with Crippen LogP contribution >= 0.6 is 11.8 Å². The number of anilines is 1. The zero-order valence-electron chi connectivity index (χ0n) is 18.5. The maximum absolute atomic E-state index is 12.9. The Hall–Kier alpha value is -3.07. The molecule has 170 valence electrons. The van der Waals surface area contributed by atoms with Crippen LogP contribution in [0.25, 0.3) is 11.0 Å². The summed E-state index contributed by atoms with van der Waals surface area (Å²) in [6, 6.07) is 12.1. The fraction of sp³-hybridized carbons (Fsp3) is 0.391. The summed E-state index contributed by atoms with van der Waals surface area (Å²) in [5.74, 6) is 0.0858. The van der Waals surface area contributed by atoms with Gasteiger partial charge in [0.05, 0.1) is 34.0 Å². The van der Waals surface area contributed by atoms with Crippen LogP contribution < -0.4 is 10.1 Å². The Bertz CT molecular complexity index is 1100. The highest BCUT2D eigenvalue weighted by Gasteiger charge is 2.21. The quantitative estimate of drug-likeness (QED) is 0.173. The van der Waals surface area contributed by atoms with Crippen LogP contribution in [-0.4, -0.2) is 32.7 Å². The van der Waals surface area contributed by atoms with Gasteiger partial charge in [0.2, 0.25) is 5.91 Å². The number of nitrogens with zero attached hydrogens (tertiary/aromatic N) is 3. The van der Waals surface area contributed by atoms with E-state index >= 15 is 0 Å². The molecule has 0 unspecified atom stereocenters. The van der Waals surface area contributed by atoms with Gasteiger partial charge in [-0.1, -0.05) is 50.1 Å². The van der Waals surface area contributed by atoms with Gasteiger partial charge in [-0.2, -0.15) is 0 Å². The molecule has 32 heavy (non-hydrogen) atoms. The molecular weight excluding hydrogens is 428 g/mol. The van der Waals surface area contributed by atoms with Crippen LogP contribution in [0.2, 0.25) is 0 Å². The van der Waals surface area contributed by atoms with E-state index in [4.69, 9.17) is 9.72 Å². The molecule has 0 bridgehead atoms. The molecule has 0 aliphatic carbocycles. The van der Waals surface area contributed by atoms with Crippen molar-refractivity contribution in [2.45, 2.75) is 56.5 Å². The van der Waals surface area contributed by atoms with E-state index < -0.39 is 10.2 Å². The lowest BCUT2D eigenvalue weighted by Crippen LogP contribution is -2.23. The van der Waals surface area contributed by atoms with E-state index in [1.54, 1.807) is 6.92 Å². The SMILES string of the molecule is CCCCCCn1c(S[C@H](C)C(=O)Nc2cc([N+](=O)[O-])ccc2OC)nc2ccccc21. The van der Waals surface area contributed by atoms with Crippen LogP contribution in [0.15, 0.2) is 47.6 Å². The van der Waals surface area contributed by atoms with E-state index in [2.05, 4.69) is 16.8 Å². The van der Waals surface area contributed by atoms with Crippen LogP contribution in [0.5, 0.6) is 5.75 Å². The molecule has 0 fully saturated rings. The monoisotopic (exact) mass is 456 g/mol. The molecule has 1 amide bonds. The van der Waals surface area contributed by atoms with Crippen molar-refractivity contribution in [2.75, 3.05) is 12.4 Å². The molecule has 0 aliphatic heterocycles. The summed E-state index contributed by atoms with van der Waals surface area (Å²) in [5.41, 5.74) is 2.11. The number of carbonyl (C=O) groups is 1. The van der Waals surface area contributed by atoms with Crippen LogP contribution in [0.4, 0.5) is 11.4 Å². The number of aryl methyl sites for hydroxylation is 1. The number of thioether (sulfide) groups is 1. The first-order valence-corrected chi connectivity index (χ1v) is 11.6. The summed E-state index contributed by atoms with van der Waals surface area (Å²) in [4.78, 5) is 28.2. The van der Waals surface area contributed by atoms with Gasteiger partial charge in [0, 0.05) is 18.7 Å². The minimum Gasteiger partial charge on any atom is -0.495 e. The number of carbonyl (C=O) groups excluding carboxylic acids is 1. The molecule has 3 aromatic rings. The largest absolute Gasteiger partial charge is 0.495 e. The Balaban J connectivity index is 1.78. The van der Waals surface area contributed by atoms with Crippen molar-refractivity contribution in [3.05, 3.63) is 52.6 Å². The lowest BCUT2D eigenvalue weighted by molar-refractivity contribution is -0.384. The maximum Gasteiger partial charge on any atom is 0.271 e. The highest BCUT2D eigenvalue weighted by Crippen LogP contribution is 2.32. The number of fused-ring (bicyclic) bond motifs is 1. The average molecular weight is 457 g/mol. The number of aromatic nitrogens is 2. The normalized spacial score (nSPS) is 12.0. The number of ether oxygens (including phenoxy) is 1. The first-order valence-electron chi connectivity index (χ1n) is 10.7. The van der Waals surface area contributed by atoms with E-state index in [9.17, 15) is 14.9 Å². The zero-order valence-corrected chi connectivity index (χ0v) is 19.4. The van der Waals surface area contributed by atoms with Gasteiger partial charge in [-0.3, -0.25) is 14.9 Å². The predicted molar refractivity (Wildman–Crippen MR) is 127 cm³/mol. The number of nitro benzene ring substituents is 1. The highest BCUT2D eigenvalue weighted by atomic mass is 32.2. The number of unbranched alkanes of at least 4 members (excludes halogenated alkanes) is 3. The fourth-order valence-electron chi connectivity index (χ4n) is 3.41. The maximum atomic E-state index is 12.9. The van der Waals surface area contributed by atoms with Crippen molar-refractivity contribution in [1.29, 1.82) is 0 Å². The van der Waals surface area contributed by atoms with Gasteiger partial charge in [0.25, 0.3) is 5.69 Å². The summed E-state index contributed by atoms with van der Waals surface area (Å²) in [6.07, 6.45) is 4.56. The number of nitrogens with one attached hydrogen (secondary N) is 1. The molecule has 9 heteroatoms. The molecule has 0 saturated heterocycles. The number of imidazole rings is 1. The zero-order chi connectivity index (χ0) is 23.1. The Morgan fingerprint density at radius 1 is 1.25 bits per heavy atom. The summed E-state index contributed by atoms with van der Waals surface area (Å²) in [7, 11) is 1.45. The fourth-order valence-corrected chi connectivity index (χ4v) is 4.36. The number of benzene rings is 2. The van der Waals surface area contributed by atoms with Crippen LogP contribution in [0.1, 0.15) is 39.5 Å². The number of non-ortho nitro benzene ring substituents is 1. The number of hydrogen-bond acceptors (Lipinski definition) is 6. The van der Waals surface area contributed by atoms with E-state index in [1.165, 1.54) is 49.9 Å². The Morgan fingerprint density at radius 2 is 2.03 bits per heavy atom. The number of amides is 1. The molecule has 0 spiro atoms. The van der Waals surface area contributed by atoms with Crippen molar-refractivity contribution in [1.82, 2.24) is 9.55 Å². The van der Waals surface area contributed by atoms with Crippen molar-refractivity contribution in [3.63, 3.8) is 0 Å². The molecule has 1 aromatic heterocycles. The Kier molecular flexibility index (Phi) is 8.10. The van der Waals surface area contributed by atoms with Gasteiger partial charge in [0.15, 0.2) is 5.16 Å². The number of hydrogen-bond donors (Lipinski definition) is 1. The number of nitro groups is 1. The third-order valence-electron chi connectivity index (χ3n) is 5.16. The van der Waals surface area contributed by atoms with Gasteiger partial charge >= 0.3 is 0 Å². The first kappa shape index (κ1) is 23.6. The predicted octanol–water partition coefficient (Wildman–Crippen LogP) is 5.65. The third kappa shape index (κ3) is 5.59. The van der Waals surface area contributed by atoms with Gasteiger partial charge < -0.3 is 14.6 Å². The summed E-state index contributed by atoms with van der Waals surface area (Å²) in [6.45, 7) is 4.82. The minimum absolute atomic E-state index is 0.115. The number of rotatable bonds is 11.